The number of rotatable bonds is 3. The zero-order valence-electron chi connectivity index (χ0n) is 11.6. The maximum Gasteiger partial charge on any atom is 0.255 e. The van der Waals surface area contributed by atoms with E-state index in [9.17, 15) is 9.18 Å². The van der Waals surface area contributed by atoms with Gasteiger partial charge in [-0.15, -0.1) is 0 Å². The van der Waals surface area contributed by atoms with E-state index in [-0.39, 0.29) is 17.0 Å². The summed E-state index contributed by atoms with van der Waals surface area (Å²) in [5.41, 5.74) is 6.15. The molecule has 1 amide bonds. The largest absolute Gasteiger partial charge is 0.334 e. The minimum atomic E-state index is -0.438. The van der Waals surface area contributed by atoms with Crippen LogP contribution in [0, 0.1) is 11.7 Å². The predicted octanol–water partition coefficient (Wildman–Crippen LogP) is 3.07. The van der Waals surface area contributed by atoms with Gasteiger partial charge >= 0.3 is 0 Å². The van der Waals surface area contributed by atoms with Crippen molar-refractivity contribution in [3.8, 4) is 0 Å². The van der Waals surface area contributed by atoms with E-state index >= 15 is 0 Å². The van der Waals surface area contributed by atoms with Crippen LogP contribution in [0.25, 0.3) is 0 Å². The van der Waals surface area contributed by atoms with Crippen molar-refractivity contribution >= 4 is 17.5 Å². The number of likely N-dealkylation sites (tertiary alicyclic amines) is 1. The van der Waals surface area contributed by atoms with Crippen molar-refractivity contribution in [2.45, 2.75) is 32.2 Å². The van der Waals surface area contributed by atoms with Gasteiger partial charge in [-0.3, -0.25) is 4.79 Å². The van der Waals surface area contributed by atoms with Gasteiger partial charge in [-0.25, -0.2) is 4.39 Å². The van der Waals surface area contributed by atoms with Crippen molar-refractivity contribution in [3.63, 3.8) is 0 Å². The Bertz CT molecular complexity index is 495. The Labute approximate surface area is 123 Å². The van der Waals surface area contributed by atoms with Gasteiger partial charge < -0.3 is 10.6 Å². The average Bonchev–Trinajstić information content (AvgIpc) is 2.46. The van der Waals surface area contributed by atoms with Gasteiger partial charge in [0, 0.05) is 19.1 Å². The maximum atomic E-state index is 13.1. The molecule has 0 radical (unpaired) electrons. The van der Waals surface area contributed by atoms with Crippen LogP contribution in [0.5, 0.6) is 0 Å². The van der Waals surface area contributed by atoms with Crippen molar-refractivity contribution in [2.75, 3.05) is 13.1 Å². The highest BCUT2D eigenvalue weighted by molar-refractivity contribution is 6.33. The maximum absolute atomic E-state index is 13.1. The van der Waals surface area contributed by atoms with E-state index in [0.29, 0.717) is 24.6 Å². The first-order valence-electron chi connectivity index (χ1n) is 7.02. The van der Waals surface area contributed by atoms with Crippen molar-refractivity contribution in [1.82, 2.24) is 4.90 Å². The smallest absolute Gasteiger partial charge is 0.255 e. The summed E-state index contributed by atoms with van der Waals surface area (Å²) < 4.78 is 13.1. The fraction of sp³-hybridized carbons (Fsp3) is 0.533. The third-order valence-corrected chi connectivity index (χ3v) is 4.41. The van der Waals surface area contributed by atoms with Gasteiger partial charge in [0.25, 0.3) is 5.91 Å². The number of carbonyl (C=O) groups is 1. The first kappa shape index (κ1) is 15.3. The van der Waals surface area contributed by atoms with Crippen LogP contribution in [0.2, 0.25) is 5.02 Å². The predicted molar refractivity (Wildman–Crippen MR) is 78.3 cm³/mol. The van der Waals surface area contributed by atoms with Crippen molar-refractivity contribution in [3.05, 3.63) is 34.6 Å². The van der Waals surface area contributed by atoms with Crippen LogP contribution < -0.4 is 5.73 Å². The number of carbonyl (C=O) groups excluding carboxylic acids is 1. The first-order valence-corrected chi connectivity index (χ1v) is 7.40. The number of nitrogens with zero attached hydrogens (tertiary/aromatic N) is 1. The second kappa shape index (κ2) is 6.55. The second-order valence-corrected chi connectivity index (χ2v) is 5.72. The molecule has 2 atom stereocenters. The van der Waals surface area contributed by atoms with Gasteiger partial charge in [-0.1, -0.05) is 24.9 Å². The molecule has 3 nitrogen and oxygen atoms in total. The quantitative estimate of drug-likeness (QED) is 0.932. The Morgan fingerprint density at radius 3 is 2.90 bits per heavy atom. The van der Waals surface area contributed by atoms with Crippen LogP contribution in [0.15, 0.2) is 18.2 Å². The number of nitrogens with two attached hydrogens (primary N) is 1. The molecule has 110 valence electrons. The van der Waals surface area contributed by atoms with Gasteiger partial charge in [0.1, 0.15) is 5.82 Å². The van der Waals surface area contributed by atoms with Crippen molar-refractivity contribution < 1.29 is 9.18 Å². The van der Waals surface area contributed by atoms with Gasteiger partial charge in [0.2, 0.25) is 0 Å². The molecule has 1 fully saturated rings. The van der Waals surface area contributed by atoms with Crippen molar-refractivity contribution in [1.29, 1.82) is 0 Å². The zero-order chi connectivity index (χ0) is 14.7. The Kier molecular flexibility index (Phi) is 5.00. The Hall–Kier alpha value is -1.13. The summed E-state index contributed by atoms with van der Waals surface area (Å²) in [6.45, 7) is 3.29. The van der Waals surface area contributed by atoms with Gasteiger partial charge in [-0.05, 0) is 37.0 Å². The molecule has 1 aliphatic rings. The normalized spacial score (nSPS) is 22.9. The Morgan fingerprint density at radius 1 is 1.55 bits per heavy atom. The molecule has 2 rings (SSSR count). The van der Waals surface area contributed by atoms with E-state index in [1.165, 1.54) is 18.2 Å². The summed E-state index contributed by atoms with van der Waals surface area (Å²) in [5.74, 6) is 0.0305. The molecule has 1 saturated heterocycles. The zero-order valence-corrected chi connectivity index (χ0v) is 12.4. The van der Waals surface area contributed by atoms with Gasteiger partial charge in [0.15, 0.2) is 0 Å². The third kappa shape index (κ3) is 3.13. The summed E-state index contributed by atoms with van der Waals surface area (Å²) in [7, 11) is 0. The van der Waals surface area contributed by atoms with Crippen LogP contribution in [0.4, 0.5) is 4.39 Å². The van der Waals surface area contributed by atoms with Gasteiger partial charge in [-0.2, -0.15) is 0 Å². The number of hydrogen-bond donors (Lipinski definition) is 1. The topological polar surface area (TPSA) is 46.3 Å². The minimum absolute atomic E-state index is 0.0438. The molecule has 5 heteroatoms. The molecule has 20 heavy (non-hydrogen) atoms. The summed E-state index contributed by atoms with van der Waals surface area (Å²) in [4.78, 5) is 14.3. The molecule has 0 aromatic heterocycles. The minimum Gasteiger partial charge on any atom is -0.334 e. The van der Waals surface area contributed by atoms with E-state index in [0.717, 1.165) is 19.3 Å². The number of hydrogen-bond acceptors (Lipinski definition) is 2. The molecule has 0 spiro atoms. The molecule has 0 aliphatic carbocycles. The molecule has 0 bridgehead atoms. The Balaban J connectivity index is 2.19. The molecule has 1 aromatic carbocycles. The first-order chi connectivity index (χ1) is 9.56. The van der Waals surface area contributed by atoms with Gasteiger partial charge in [0.05, 0.1) is 10.6 Å². The molecular weight excluding hydrogens is 279 g/mol. The highest BCUT2D eigenvalue weighted by Crippen LogP contribution is 2.28. The van der Waals surface area contributed by atoms with E-state index in [4.69, 9.17) is 17.3 Å². The molecule has 1 aliphatic heterocycles. The fourth-order valence-electron chi connectivity index (χ4n) is 2.81. The van der Waals surface area contributed by atoms with Crippen LogP contribution in [0.3, 0.4) is 0 Å². The third-order valence-electron chi connectivity index (χ3n) is 4.10. The molecule has 0 saturated carbocycles. The van der Waals surface area contributed by atoms with E-state index in [1.54, 1.807) is 4.90 Å². The SMILES string of the molecule is CCC1CCN(C(=O)c2ccc(F)cc2Cl)C(CN)C1. The van der Waals surface area contributed by atoms with Crippen molar-refractivity contribution in [2.24, 2.45) is 11.7 Å². The van der Waals surface area contributed by atoms with E-state index < -0.39 is 5.82 Å². The summed E-state index contributed by atoms with van der Waals surface area (Å²) >= 11 is 5.97. The Morgan fingerprint density at radius 2 is 2.30 bits per heavy atom. The van der Waals surface area contributed by atoms with E-state index in [2.05, 4.69) is 6.92 Å². The monoisotopic (exact) mass is 298 g/mol. The van der Waals surface area contributed by atoms with Crippen LogP contribution >= 0.6 is 11.6 Å². The molecular formula is C15H20ClFN2O. The fourth-order valence-corrected chi connectivity index (χ4v) is 3.06. The lowest BCUT2D eigenvalue weighted by Crippen LogP contribution is -2.49. The highest BCUT2D eigenvalue weighted by atomic mass is 35.5. The van der Waals surface area contributed by atoms with Crippen LogP contribution in [0.1, 0.15) is 36.5 Å². The summed E-state index contributed by atoms with van der Waals surface area (Å²) in [5, 5.41) is 0.156. The van der Waals surface area contributed by atoms with Crippen LogP contribution in [-0.4, -0.2) is 29.9 Å². The summed E-state index contributed by atoms with van der Waals surface area (Å²) in [6.07, 6.45) is 3.02. The average molecular weight is 299 g/mol. The summed E-state index contributed by atoms with van der Waals surface area (Å²) in [6, 6.07) is 3.92. The lowest BCUT2D eigenvalue weighted by molar-refractivity contribution is 0.0558. The lowest BCUT2D eigenvalue weighted by Gasteiger charge is -2.39. The number of piperidine rings is 1. The highest BCUT2D eigenvalue weighted by Gasteiger charge is 2.31. The number of halogens is 2. The standard InChI is InChI=1S/C15H20ClFN2O/c1-2-10-5-6-19(12(7-10)9-18)15(20)13-4-3-11(17)8-14(13)16/h3-4,8,10,12H,2,5-7,9,18H2,1H3. The molecule has 1 aromatic rings. The van der Waals surface area contributed by atoms with Crippen LogP contribution in [-0.2, 0) is 0 Å². The van der Waals surface area contributed by atoms with E-state index in [1.807, 2.05) is 0 Å². The second-order valence-electron chi connectivity index (χ2n) is 5.31. The molecule has 1 heterocycles. The molecule has 2 N–H and O–H groups in total. The number of benzene rings is 1. The lowest BCUT2D eigenvalue weighted by atomic mass is 9.88. The number of amides is 1. The molecule has 2 unspecified atom stereocenters.